The van der Waals surface area contributed by atoms with Gasteiger partial charge in [0.1, 0.15) is 6.61 Å². The quantitative estimate of drug-likeness (QED) is 0.372. The van der Waals surface area contributed by atoms with Crippen LogP contribution in [-0.2, 0) is 11.3 Å². The third kappa shape index (κ3) is 5.56. The minimum absolute atomic E-state index is 0.0399. The highest BCUT2D eigenvalue weighted by molar-refractivity contribution is 6.07. The molecule has 5 heteroatoms. The van der Waals surface area contributed by atoms with Crippen molar-refractivity contribution < 1.29 is 19.0 Å². The van der Waals surface area contributed by atoms with Crippen LogP contribution in [0.15, 0.2) is 78.9 Å². The van der Waals surface area contributed by atoms with Crippen molar-refractivity contribution in [2.24, 2.45) is 0 Å². The molecule has 0 aromatic heterocycles. The Labute approximate surface area is 188 Å². The van der Waals surface area contributed by atoms with Crippen molar-refractivity contribution in [2.75, 3.05) is 38.3 Å². The summed E-state index contributed by atoms with van der Waals surface area (Å²) in [6.07, 6.45) is 3.38. The number of hydrogen-bond acceptors (Lipinski definition) is 5. The highest BCUT2D eigenvalue weighted by atomic mass is 16.5. The Bertz CT molecular complexity index is 1050. The van der Waals surface area contributed by atoms with Crippen LogP contribution in [0.3, 0.4) is 0 Å². The fourth-order valence-corrected chi connectivity index (χ4v) is 3.57. The molecule has 32 heavy (non-hydrogen) atoms. The number of benzene rings is 3. The van der Waals surface area contributed by atoms with Gasteiger partial charge in [-0.2, -0.15) is 0 Å². The van der Waals surface area contributed by atoms with E-state index < -0.39 is 0 Å². The fourth-order valence-electron chi connectivity index (χ4n) is 3.57. The average Bonchev–Trinajstić information content (AvgIpc) is 2.87. The highest BCUT2D eigenvalue weighted by Gasteiger charge is 2.12. The zero-order valence-corrected chi connectivity index (χ0v) is 18.2. The van der Waals surface area contributed by atoms with E-state index in [4.69, 9.17) is 14.2 Å². The van der Waals surface area contributed by atoms with E-state index in [-0.39, 0.29) is 5.78 Å². The molecule has 0 bridgehead atoms. The minimum atomic E-state index is -0.0399. The average molecular weight is 430 g/mol. The van der Waals surface area contributed by atoms with Gasteiger partial charge in [0.25, 0.3) is 0 Å². The van der Waals surface area contributed by atoms with Crippen LogP contribution >= 0.6 is 0 Å². The number of carbonyl (C=O) groups is 1. The van der Waals surface area contributed by atoms with E-state index in [1.54, 1.807) is 19.3 Å². The zero-order chi connectivity index (χ0) is 22.2. The summed E-state index contributed by atoms with van der Waals surface area (Å²) in [5.74, 6) is 1.26. The van der Waals surface area contributed by atoms with Gasteiger partial charge < -0.3 is 19.1 Å². The van der Waals surface area contributed by atoms with E-state index >= 15 is 0 Å². The summed E-state index contributed by atoms with van der Waals surface area (Å²) in [4.78, 5) is 14.9. The third-order valence-corrected chi connectivity index (χ3v) is 5.38. The molecule has 0 atom stereocenters. The first kappa shape index (κ1) is 21.7. The SMILES string of the molecule is COc1cc(/C=C/C(=O)c2ccc(N3CCOCC3)cc2)ccc1OCc1ccccc1. The Morgan fingerprint density at radius 1 is 0.969 bits per heavy atom. The van der Waals surface area contributed by atoms with Gasteiger partial charge in [-0.05, 0) is 53.6 Å². The molecular formula is C27H27NO4. The molecule has 0 spiro atoms. The molecule has 4 rings (SSSR count). The molecule has 0 unspecified atom stereocenters. The summed E-state index contributed by atoms with van der Waals surface area (Å²) >= 11 is 0. The van der Waals surface area contributed by atoms with Gasteiger partial charge in [0.05, 0.1) is 20.3 Å². The van der Waals surface area contributed by atoms with Crippen LogP contribution in [-0.4, -0.2) is 39.2 Å². The van der Waals surface area contributed by atoms with Crippen LogP contribution in [0.4, 0.5) is 5.69 Å². The lowest BCUT2D eigenvalue weighted by atomic mass is 10.1. The Hall–Kier alpha value is -3.57. The van der Waals surface area contributed by atoms with Crippen molar-refractivity contribution in [3.8, 4) is 11.5 Å². The van der Waals surface area contributed by atoms with E-state index in [0.717, 1.165) is 43.1 Å². The number of rotatable bonds is 8. The predicted octanol–water partition coefficient (Wildman–Crippen LogP) is 5.01. The fraction of sp³-hybridized carbons (Fsp3) is 0.222. The zero-order valence-electron chi connectivity index (χ0n) is 18.2. The van der Waals surface area contributed by atoms with Gasteiger partial charge in [-0.25, -0.2) is 0 Å². The summed E-state index contributed by atoms with van der Waals surface area (Å²) in [5, 5.41) is 0. The maximum absolute atomic E-state index is 12.6. The summed E-state index contributed by atoms with van der Waals surface area (Å²) in [5.41, 5.74) is 3.73. The molecule has 0 N–H and O–H groups in total. The Morgan fingerprint density at radius 2 is 1.72 bits per heavy atom. The van der Waals surface area contributed by atoms with Crippen LogP contribution < -0.4 is 14.4 Å². The smallest absolute Gasteiger partial charge is 0.185 e. The van der Waals surface area contributed by atoms with Crippen molar-refractivity contribution in [3.05, 3.63) is 95.6 Å². The standard InChI is InChI=1S/C27H27NO4/c1-30-27-19-21(8-14-26(27)32-20-22-5-3-2-4-6-22)7-13-25(29)23-9-11-24(12-10-23)28-15-17-31-18-16-28/h2-14,19H,15-18,20H2,1H3/b13-7+. The molecular weight excluding hydrogens is 402 g/mol. The molecule has 1 aliphatic heterocycles. The normalized spacial score (nSPS) is 13.8. The van der Waals surface area contributed by atoms with E-state index in [1.807, 2.05) is 72.8 Å². The van der Waals surface area contributed by atoms with E-state index in [0.29, 0.717) is 23.7 Å². The number of carbonyl (C=O) groups excluding carboxylic acids is 1. The van der Waals surface area contributed by atoms with Gasteiger partial charge in [0, 0.05) is 24.3 Å². The number of ether oxygens (including phenoxy) is 3. The van der Waals surface area contributed by atoms with Crippen LogP contribution in [0.5, 0.6) is 11.5 Å². The second kappa shape index (κ2) is 10.6. The first-order valence-corrected chi connectivity index (χ1v) is 10.7. The summed E-state index contributed by atoms with van der Waals surface area (Å²) < 4.78 is 16.8. The third-order valence-electron chi connectivity index (χ3n) is 5.38. The number of anilines is 1. The Morgan fingerprint density at radius 3 is 2.44 bits per heavy atom. The van der Waals surface area contributed by atoms with Gasteiger partial charge in [-0.1, -0.05) is 42.5 Å². The molecule has 0 amide bonds. The summed E-state index contributed by atoms with van der Waals surface area (Å²) in [6, 6.07) is 23.4. The number of nitrogens with zero attached hydrogens (tertiary/aromatic N) is 1. The van der Waals surface area contributed by atoms with Gasteiger partial charge in [0.15, 0.2) is 17.3 Å². The van der Waals surface area contributed by atoms with Crippen LogP contribution in [0, 0.1) is 0 Å². The molecule has 1 fully saturated rings. The maximum atomic E-state index is 12.6. The molecule has 1 heterocycles. The van der Waals surface area contributed by atoms with Gasteiger partial charge in [-0.3, -0.25) is 4.79 Å². The molecule has 0 saturated carbocycles. The van der Waals surface area contributed by atoms with Crippen molar-refractivity contribution in [1.29, 1.82) is 0 Å². The molecule has 0 aliphatic carbocycles. The second-order valence-electron chi connectivity index (χ2n) is 7.53. The molecule has 3 aromatic carbocycles. The number of ketones is 1. The Kier molecular flexibility index (Phi) is 7.20. The lowest BCUT2D eigenvalue weighted by Crippen LogP contribution is -2.36. The first-order chi connectivity index (χ1) is 15.7. The topological polar surface area (TPSA) is 48.0 Å². The van der Waals surface area contributed by atoms with Crippen LogP contribution in [0.1, 0.15) is 21.5 Å². The molecule has 1 saturated heterocycles. The number of hydrogen-bond donors (Lipinski definition) is 0. The molecule has 164 valence electrons. The first-order valence-electron chi connectivity index (χ1n) is 10.7. The predicted molar refractivity (Wildman–Crippen MR) is 127 cm³/mol. The molecule has 1 aliphatic rings. The van der Waals surface area contributed by atoms with Crippen molar-refractivity contribution in [2.45, 2.75) is 6.61 Å². The van der Waals surface area contributed by atoms with E-state index in [9.17, 15) is 4.79 Å². The second-order valence-corrected chi connectivity index (χ2v) is 7.53. The van der Waals surface area contributed by atoms with Crippen LogP contribution in [0.25, 0.3) is 6.08 Å². The number of morpholine rings is 1. The number of methoxy groups -OCH3 is 1. The summed E-state index contributed by atoms with van der Waals surface area (Å²) in [7, 11) is 1.61. The van der Waals surface area contributed by atoms with Gasteiger partial charge in [-0.15, -0.1) is 0 Å². The highest BCUT2D eigenvalue weighted by Crippen LogP contribution is 2.29. The van der Waals surface area contributed by atoms with Crippen molar-refractivity contribution in [3.63, 3.8) is 0 Å². The Balaban J connectivity index is 1.39. The van der Waals surface area contributed by atoms with Gasteiger partial charge >= 0.3 is 0 Å². The molecule has 0 radical (unpaired) electrons. The monoisotopic (exact) mass is 429 g/mol. The van der Waals surface area contributed by atoms with Gasteiger partial charge in [0.2, 0.25) is 0 Å². The van der Waals surface area contributed by atoms with Crippen LogP contribution in [0.2, 0.25) is 0 Å². The minimum Gasteiger partial charge on any atom is -0.493 e. The van der Waals surface area contributed by atoms with Crippen molar-refractivity contribution in [1.82, 2.24) is 0 Å². The number of allylic oxidation sites excluding steroid dienone is 1. The lowest BCUT2D eigenvalue weighted by Gasteiger charge is -2.28. The largest absolute Gasteiger partial charge is 0.493 e. The summed E-state index contributed by atoms with van der Waals surface area (Å²) in [6.45, 7) is 3.69. The molecule has 3 aromatic rings. The van der Waals surface area contributed by atoms with E-state index in [1.165, 1.54) is 0 Å². The van der Waals surface area contributed by atoms with Crippen molar-refractivity contribution >= 4 is 17.5 Å². The maximum Gasteiger partial charge on any atom is 0.185 e. The molecule has 5 nitrogen and oxygen atoms in total. The van der Waals surface area contributed by atoms with E-state index in [2.05, 4.69) is 4.90 Å². The lowest BCUT2D eigenvalue weighted by molar-refractivity contribution is 0.104.